The molecule has 1 saturated heterocycles. The summed E-state index contributed by atoms with van der Waals surface area (Å²) in [4.78, 5) is 1.66. The van der Waals surface area contributed by atoms with E-state index in [2.05, 4.69) is 27.1 Å². The van der Waals surface area contributed by atoms with E-state index in [-0.39, 0.29) is 0 Å². The third-order valence-corrected chi connectivity index (χ3v) is 4.75. The fourth-order valence-electron chi connectivity index (χ4n) is 3.72. The zero-order valence-corrected chi connectivity index (χ0v) is 12.0. The van der Waals surface area contributed by atoms with Gasteiger partial charge in [0.15, 0.2) is 0 Å². The molecule has 1 saturated carbocycles. The van der Waals surface area contributed by atoms with Gasteiger partial charge in [-0.05, 0) is 36.1 Å². The molecule has 3 rings (SSSR count). The van der Waals surface area contributed by atoms with E-state index >= 15 is 0 Å². The van der Waals surface area contributed by atoms with Crippen molar-refractivity contribution < 1.29 is 4.90 Å². The van der Waals surface area contributed by atoms with Crippen LogP contribution in [-0.4, -0.2) is 33.3 Å². The van der Waals surface area contributed by atoms with Gasteiger partial charge in [0.05, 0.1) is 19.1 Å². The first-order valence-corrected chi connectivity index (χ1v) is 7.93. The van der Waals surface area contributed by atoms with E-state index in [9.17, 15) is 0 Å². The lowest BCUT2D eigenvalue weighted by atomic mass is 9.95. The van der Waals surface area contributed by atoms with Gasteiger partial charge in [-0.15, -0.1) is 5.10 Å². The van der Waals surface area contributed by atoms with E-state index in [0.717, 1.165) is 18.3 Å². The van der Waals surface area contributed by atoms with Gasteiger partial charge >= 0.3 is 0 Å². The molecule has 2 aliphatic rings. The quantitative estimate of drug-likeness (QED) is 0.886. The summed E-state index contributed by atoms with van der Waals surface area (Å²) >= 11 is 0. The van der Waals surface area contributed by atoms with Crippen molar-refractivity contribution in [1.82, 2.24) is 20.2 Å². The summed E-state index contributed by atoms with van der Waals surface area (Å²) in [5.41, 5.74) is 0. The molecule has 2 atom stereocenters. The Labute approximate surface area is 115 Å². The Hall–Kier alpha value is -0.970. The smallest absolute Gasteiger partial charge is 0.206 e. The summed E-state index contributed by atoms with van der Waals surface area (Å²) in [5, 5.41) is 12.5. The Morgan fingerprint density at radius 3 is 2.79 bits per heavy atom. The van der Waals surface area contributed by atoms with Crippen molar-refractivity contribution in [1.29, 1.82) is 0 Å². The molecule has 1 aromatic heterocycles. The molecule has 5 nitrogen and oxygen atoms in total. The first-order chi connectivity index (χ1) is 9.33. The van der Waals surface area contributed by atoms with Crippen molar-refractivity contribution in [2.24, 2.45) is 5.92 Å². The minimum absolute atomic E-state index is 0.556. The highest BCUT2D eigenvalue weighted by Gasteiger charge is 2.25. The van der Waals surface area contributed by atoms with E-state index in [0.29, 0.717) is 6.04 Å². The van der Waals surface area contributed by atoms with Crippen molar-refractivity contribution in [2.45, 2.75) is 64.5 Å². The molecule has 0 spiro atoms. The third-order valence-electron chi connectivity index (χ3n) is 4.75. The van der Waals surface area contributed by atoms with Gasteiger partial charge in [-0.3, -0.25) is 0 Å². The number of hydrogen-bond acceptors (Lipinski definition) is 3. The molecule has 1 aliphatic carbocycles. The molecule has 2 heterocycles. The number of nitrogens with one attached hydrogen (secondary N) is 1. The number of tetrazole rings is 1. The normalized spacial score (nSPS) is 29.5. The Kier molecular flexibility index (Phi) is 4.11. The Balaban J connectivity index is 1.65. The fraction of sp³-hybridized carbons (Fsp3) is 0.929. The van der Waals surface area contributed by atoms with E-state index < -0.39 is 0 Å². The first kappa shape index (κ1) is 13.0. The molecule has 106 valence electrons. The van der Waals surface area contributed by atoms with Crippen LogP contribution in [0.1, 0.15) is 63.7 Å². The van der Waals surface area contributed by atoms with Crippen LogP contribution in [0.15, 0.2) is 0 Å². The maximum atomic E-state index is 4.29. The summed E-state index contributed by atoms with van der Waals surface area (Å²) in [6, 6.07) is 0.556. The molecule has 2 fully saturated rings. The van der Waals surface area contributed by atoms with Gasteiger partial charge in [0.2, 0.25) is 5.82 Å². The standard InChI is InChI=1S/C14H25N5/c1-12-6-5-9-18(10-12)11-14-15-16-17-19(14)13-7-3-2-4-8-13/h12-13H,2-11H2,1H3/p+1/t12-/m1/s1. The molecule has 0 amide bonds. The predicted molar refractivity (Wildman–Crippen MR) is 72.7 cm³/mol. The van der Waals surface area contributed by atoms with Crippen LogP contribution in [0.25, 0.3) is 0 Å². The number of nitrogens with zero attached hydrogens (tertiary/aromatic N) is 4. The van der Waals surface area contributed by atoms with Crippen LogP contribution >= 0.6 is 0 Å². The first-order valence-electron chi connectivity index (χ1n) is 7.93. The summed E-state index contributed by atoms with van der Waals surface area (Å²) in [6.07, 6.45) is 9.28. The Morgan fingerprint density at radius 1 is 1.16 bits per heavy atom. The highest BCUT2D eigenvalue weighted by atomic mass is 15.6. The maximum absolute atomic E-state index is 4.29. The number of quaternary nitrogens is 1. The third kappa shape index (κ3) is 3.14. The van der Waals surface area contributed by atoms with Crippen LogP contribution in [-0.2, 0) is 6.54 Å². The highest BCUT2D eigenvalue weighted by molar-refractivity contribution is 4.83. The second-order valence-corrected chi connectivity index (χ2v) is 6.46. The van der Waals surface area contributed by atoms with Crippen molar-refractivity contribution >= 4 is 0 Å². The maximum Gasteiger partial charge on any atom is 0.206 e. The van der Waals surface area contributed by atoms with Crippen molar-refractivity contribution in [3.05, 3.63) is 5.82 Å². The second-order valence-electron chi connectivity index (χ2n) is 6.46. The van der Waals surface area contributed by atoms with E-state index in [1.54, 1.807) is 4.90 Å². The van der Waals surface area contributed by atoms with Crippen molar-refractivity contribution in [3.8, 4) is 0 Å². The molecular formula is C14H26N5+. The number of rotatable bonds is 3. The monoisotopic (exact) mass is 264 g/mol. The lowest BCUT2D eigenvalue weighted by molar-refractivity contribution is -0.922. The van der Waals surface area contributed by atoms with Gasteiger partial charge in [0.1, 0.15) is 6.54 Å². The van der Waals surface area contributed by atoms with Gasteiger partial charge < -0.3 is 4.90 Å². The molecule has 1 aliphatic heterocycles. The molecule has 1 unspecified atom stereocenters. The lowest BCUT2D eigenvalue weighted by Crippen LogP contribution is -3.12. The highest BCUT2D eigenvalue weighted by Crippen LogP contribution is 2.27. The van der Waals surface area contributed by atoms with Gasteiger partial charge in [-0.1, -0.05) is 26.2 Å². The number of piperidine rings is 1. The minimum Gasteiger partial charge on any atom is -0.328 e. The van der Waals surface area contributed by atoms with E-state index in [1.165, 1.54) is 58.0 Å². The van der Waals surface area contributed by atoms with Crippen LogP contribution in [0.2, 0.25) is 0 Å². The van der Waals surface area contributed by atoms with Crippen LogP contribution in [0.4, 0.5) is 0 Å². The average molecular weight is 264 g/mol. The van der Waals surface area contributed by atoms with Crippen LogP contribution in [0, 0.1) is 5.92 Å². The molecule has 0 aromatic carbocycles. The summed E-state index contributed by atoms with van der Waals surface area (Å²) in [6.45, 7) is 5.93. The average Bonchev–Trinajstić information content (AvgIpc) is 2.88. The topological polar surface area (TPSA) is 48.0 Å². The zero-order chi connectivity index (χ0) is 13.1. The van der Waals surface area contributed by atoms with Gasteiger partial charge in [-0.25, -0.2) is 4.68 Å². The van der Waals surface area contributed by atoms with Crippen molar-refractivity contribution in [3.63, 3.8) is 0 Å². The van der Waals surface area contributed by atoms with Gasteiger partial charge in [-0.2, -0.15) is 0 Å². The largest absolute Gasteiger partial charge is 0.328 e. The Morgan fingerprint density at radius 2 is 2.00 bits per heavy atom. The summed E-state index contributed by atoms with van der Waals surface area (Å²) < 4.78 is 2.13. The van der Waals surface area contributed by atoms with Gasteiger partial charge in [0, 0.05) is 5.92 Å². The van der Waals surface area contributed by atoms with E-state index in [1.807, 2.05) is 0 Å². The molecule has 0 bridgehead atoms. The SMILES string of the molecule is C[C@@H]1CCC[NH+](Cc2nnnn2C2CCCCC2)C1. The molecule has 5 heteroatoms. The fourth-order valence-corrected chi connectivity index (χ4v) is 3.72. The molecule has 0 radical (unpaired) electrons. The second kappa shape index (κ2) is 5.99. The summed E-state index contributed by atoms with van der Waals surface area (Å²) in [7, 11) is 0. The zero-order valence-electron chi connectivity index (χ0n) is 12.0. The van der Waals surface area contributed by atoms with Crippen LogP contribution in [0.3, 0.4) is 0 Å². The number of likely N-dealkylation sites (tertiary alicyclic amines) is 1. The lowest BCUT2D eigenvalue weighted by Gasteiger charge is -2.28. The molecular weight excluding hydrogens is 238 g/mol. The Bertz CT molecular complexity index is 396. The van der Waals surface area contributed by atoms with Crippen molar-refractivity contribution in [2.75, 3.05) is 13.1 Å². The number of hydrogen-bond donors (Lipinski definition) is 1. The number of aromatic nitrogens is 4. The summed E-state index contributed by atoms with van der Waals surface area (Å²) in [5.74, 6) is 1.96. The predicted octanol–water partition coefficient (Wildman–Crippen LogP) is 0.993. The minimum atomic E-state index is 0.556. The van der Waals surface area contributed by atoms with Gasteiger partial charge in [0.25, 0.3) is 0 Å². The van der Waals surface area contributed by atoms with E-state index in [4.69, 9.17) is 0 Å². The van der Waals surface area contributed by atoms with Crippen LogP contribution < -0.4 is 4.90 Å². The molecule has 1 aromatic rings. The molecule has 19 heavy (non-hydrogen) atoms. The van der Waals surface area contributed by atoms with Crippen LogP contribution in [0.5, 0.6) is 0 Å². The molecule has 1 N–H and O–H groups in total.